The molecule has 1 heterocycles. The summed E-state index contributed by atoms with van der Waals surface area (Å²) in [5, 5.41) is 0. The van der Waals surface area contributed by atoms with Crippen molar-refractivity contribution in [3.8, 4) is 0 Å². The Hall–Kier alpha value is 0.0862. The Kier molecular flexibility index (Phi) is 20.0. The van der Waals surface area contributed by atoms with Gasteiger partial charge >= 0.3 is 23.1 Å². The number of rotatable bonds is 0. The topological polar surface area (TPSA) is 121 Å². The van der Waals surface area contributed by atoms with Gasteiger partial charge in [-0.3, -0.25) is 0 Å². The molecule has 0 saturated heterocycles. The van der Waals surface area contributed by atoms with Crippen LogP contribution in [0.5, 0.6) is 0 Å². The first-order valence-corrected chi connectivity index (χ1v) is 3.16. The van der Waals surface area contributed by atoms with Crippen LogP contribution in [0.1, 0.15) is 0 Å². The summed E-state index contributed by atoms with van der Waals surface area (Å²) < 4.78 is 13.0. The number of hydrogen-bond donors (Lipinski definition) is 0. The molecule has 0 aliphatic rings. The van der Waals surface area contributed by atoms with Crippen LogP contribution >= 0.6 is 8.25 Å². The quantitative estimate of drug-likeness (QED) is 0.333. The van der Waals surface area contributed by atoms with Gasteiger partial charge in [-0.05, 0) is 0 Å². The van der Waals surface area contributed by atoms with E-state index in [2.05, 4.69) is 9.40 Å². The third kappa shape index (κ3) is 25.5. The Morgan fingerprint density at radius 3 is 2.00 bits per heavy atom. The fourth-order valence-electron chi connectivity index (χ4n) is 0.176. The van der Waals surface area contributed by atoms with Crippen LogP contribution in [0, 0.1) is 0 Å². The van der Waals surface area contributed by atoms with Gasteiger partial charge in [-0.2, -0.15) is 0 Å². The van der Waals surface area contributed by atoms with Crippen molar-refractivity contribution in [3.05, 3.63) is 18.9 Å². The summed E-state index contributed by atoms with van der Waals surface area (Å²) in [6, 6.07) is 0. The molecule has 11 heavy (non-hydrogen) atoms. The summed E-state index contributed by atoms with van der Waals surface area (Å²) in [6.45, 7) is 0. The molecule has 8 heteroatoms. The molecule has 0 saturated carbocycles. The molecule has 1 aromatic heterocycles. The molecule has 60 valence electrons. The van der Waals surface area contributed by atoms with Crippen molar-refractivity contribution in [2.45, 2.75) is 0 Å². The van der Waals surface area contributed by atoms with Gasteiger partial charge in [0.2, 0.25) is 0 Å². The fourth-order valence-corrected chi connectivity index (χ4v) is 0.176. The molecule has 0 spiro atoms. The third-order valence-corrected chi connectivity index (χ3v) is 0.347. The maximum absolute atomic E-state index is 8.52. The van der Waals surface area contributed by atoms with E-state index in [1.54, 1.807) is 6.20 Å². The van der Waals surface area contributed by atoms with Gasteiger partial charge in [0.1, 0.15) is 6.26 Å². The number of hydrogen-bond acceptors (Lipinski definition) is 5. The molecule has 6 nitrogen and oxygen atoms in total. The molecule has 0 aliphatic heterocycles. The van der Waals surface area contributed by atoms with E-state index in [-0.39, 0.29) is 28.5 Å². The van der Waals surface area contributed by atoms with Crippen molar-refractivity contribution in [1.82, 2.24) is 4.98 Å². The molecule has 0 fully saturated rings. The van der Waals surface area contributed by atoms with E-state index >= 15 is 0 Å². The van der Waals surface area contributed by atoms with Gasteiger partial charge in [0.05, 0.1) is 6.20 Å². The monoisotopic (exact) mass is 191 g/mol. The van der Waals surface area contributed by atoms with Crippen LogP contribution in [0.2, 0.25) is 0 Å². The molecule has 2 N–H and O–H groups in total. The summed E-state index contributed by atoms with van der Waals surface area (Å²) in [7, 11) is -3.63. The van der Waals surface area contributed by atoms with Crippen molar-refractivity contribution in [1.29, 1.82) is 0 Å². The van der Waals surface area contributed by atoms with E-state index in [1.165, 1.54) is 12.7 Å². The van der Waals surface area contributed by atoms with Crippen LogP contribution in [0.25, 0.3) is 0 Å². The van der Waals surface area contributed by atoms with E-state index < -0.39 is 8.25 Å². The van der Waals surface area contributed by atoms with Crippen molar-refractivity contribution >= 4 is 31.3 Å². The van der Waals surface area contributed by atoms with Crippen LogP contribution in [-0.2, 0) is 4.57 Å². The molecule has 0 unspecified atom stereocenters. The molecular formula is C3H6MgNO5P. The van der Waals surface area contributed by atoms with Gasteiger partial charge in [0, 0.05) is 0 Å². The zero-order chi connectivity index (χ0) is 7.11. The number of nitrogens with zero attached hydrogens (tertiary/aromatic N) is 1. The molecular weight excluding hydrogens is 185 g/mol. The second-order valence-corrected chi connectivity index (χ2v) is 1.43. The minimum atomic E-state index is -3.63. The van der Waals surface area contributed by atoms with E-state index in [1.807, 2.05) is 0 Å². The molecule has 1 rings (SSSR count). The van der Waals surface area contributed by atoms with Gasteiger partial charge in [-0.25, -0.2) is 4.98 Å². The zero-order valence-corrected chi connectivity index (χ0v) is 7.93. The normalized spacial score (nSPS) is 6.82. The largest absolute Gasteiger partial charge is 2.00 e. The van der Waals surface area contributed by atoms with E-state index in [9.17, 15) is 0 Å². The van der Waals surface area contributed by atoms with Crippen LogP contribution < -0.4 is 9.79 Å². The van der Waals surface area contributed by atoms with Crippen LogP contribution in [0.3, 0.4) is 0 Å². The predicted octanol–water partition coefficient (Wildman–Crippen LogP) is -2.43. The Morgan fingerprint density at radius 1 is 1.45 bits per heavy atom. The Morgan fingerprint density at radius 2 is 1.91 bits per heavy atom. The average molecular weight is 191 g/mol. The van der Waals surface area contributed by atoms with Gasteiger partial charge in [0.15, 0.2) is 6.39 Å². The average Bonchev–Trinajstić information content (AvgIpc) is 2.11. The second-order valence-electron chi connectivity index (χ2n) is 0.926. The van der Waals surface area contributed by atoms with Crippen molar-refractivity contribution in [2.24, 2.45) is 0 Å². The predicted molar refractivity (Wildman–Crippen MR) is 34.9 cm³/mol. The van der Waals surface area contributed by atoms with Gasteiger partial charge in [-0.15, -0.1) is 0 Å². The maximum Gasteiger partial charge on any atom is 2.00 e. The van der Waals surface area contributed by atoms with Gasteiger partial charge in [0.25, 0.3) is 0 Å². The first-order chi connectivity index (χ1) is 4.23. The SMILES string of the molecule is O.O=[PH]([O-])[O-].[Mg+2].c1cocn1. The summed E-state index contributed by atoms with van der Waals surface area (Å²) in [5.41, 5.74) is 0. The molecule has 0 bridgehead atoms. The smallest absolute Gasteiger partial charge is 0.813 e. The Balaban J connectivity index is -0.000000101. The minimum Gasteiger partial charge on any atom is -0.813 e. The van der Waals surface area contributed by atoms with E-state index in [0.29, 0.717) is 0 Å². The first kappa shape index (κ1) is 17.2. The second kappa shape index (κ2) is 12.7. The summed E-state index contributed by atoms with van der Waals surface area (Å²) >= 11 is 0. The standard InChI is InChI=1S/C3H3NO.Mg.H3O3P.H2O/c1-2-5-3-4-1;;1-4(2)3;/h1-3H;;4H,(H2,1,2,3);1H2/q;+2;;/p-2. The fraction of sp³-hybridized carbons (Fsp3) is 0. The molecule has 0 radical (unpaired) electrons. The van der Waals surface area contributed by atoms with E-state index in [0.717, 1.165) is 0 Å². The Labute approximate surface area is 79.7 Å². The summed E-state index contributed by atoms with van der Waals surface area (Å²) in [4.78, 5) is 20.6. The molecule has 0 aliphatic carbocycles. The minimum absolute atomic E-state index is 0. The van der Waals surface area contributed by atoms with Crippen molar-refractivity contribution in [2.75, 3.05) is 0 Å². The molecule has 0 aromatic carbocycles. The molecule has 0 amide bonds. The summed E-state index contributed by atoms with van der Waals surface area (Å²) in [6.07, 6.45) is 4.47. The van der Waals surface area contributed by atoms with Gasteiger partial charge < -0.3 is 24.2 Å². The van der Waals surface area contributed by atoms with Gasteiger partial charge in [-0.1, -0.05) is 8.25 Å². The van der Waals surface area contributed by atoms with Crippen LogP contribution in [0.4, 0.5) is 0 Å². The van der Waals surface area contributed by atoms with Crippen molar-refractivity contribution < 1.29 is 24.2 Å². The maximum atomic E-state index is 8.52. The third-order valence-electron chi connectivity index (χ3n) is 0.347. The number of oxazole rings is 1. The zero-order valence-electron chi connectivity index (χ0n) is 5.52. The Bertz CT molecular complexity index is 136. The van der Waals surface area contributed by atoms with Crippen LogP contribution in [0.15, 0.2) is 23.3 Å². The summed E-state index contributed by atoms with van der Waals surface area (Å²) in [5.74, 6) is 0. The molecule has 1 aromatic rings. The van der Waals surface area contributed by atoms with Crippen LogP contribution in [-0.4, -0.2) is 33.5 Å². The first-order valence-electron chi connectivity index (χ1n) is 1.93. The molecule has 0 atom stereocenters. The van der Waals surface area contributed by atoms with Crippen molar-refractivity contribution in [3.63, 3.8) is 0 Å². The number of aromatic nitrogens is 1. The van der Waals surface area contributed by atoms with E-state index in [4.69, 9.17) is 14.4 Å².